The van der Waals surface area contributed by atoms with Crippen LogP contribution in [-0.4, -0.2) is 35.8 Å². The van der Waals surface area contributed by atoms with E-state index in [9.17, 15) is 4.39 Å². The van der Waals surface area contributed by atoms with Crippen LogP contribution in [0.4, 0.5) is 10.2 Å². The predicted molar refractivity (Wildman–Crippen MR) is 59.2 cm³/mol. The van der Waals surface area contributed by atoms with Crippen LogP contribution in [-0.2, 0) is 4.74 Å². The molecule has 16 heavy (non-hydrogen) atoms. The molecule has 2 rings (SSSR count). The van der Waals surface area contributed by atoms with E-state index >= 15 is 0 Å². The highest BCUT2D eigenvalue weighted by atomic mass is 35.5. The number of rotatable bonds is 2. The average molecular weight is 246 g/mol. The topological polar surface area (TPSA) is 38.2 Å². The maximum Gasteiger partial charge on any atom is 0.224 e. The lowest BCUT2D eigenvalue weighted by Crippen LogP contribution is -2.43. The molecule has 6 heteroatoms. The van der Waals surface area contributed by atoms with Gasteiger partial charge in [0.25, 0.3) is 0 Å². The molecular formula is C10H13ClFN3O. The van der Waals surface area contributed by atoms with Gasteiger partial charge in [0, 0.05) is 13.1 Å². The number of anilines is 1. The molecule has 0 radical (unpaired) electrons. The molecule has 0 bridgehead atoms. The Kier molecular flexibility index (Phi) is 3.56. The first kappa shape index (κ1) is 11.5. The molecule has 1 saturated heterocycles. The summed E-state index contributed by atoms with van der Waals surface area (Å²) < 4.78 is 19.0. The van der Waals surface area contributed by atoms with Gasteiger partial charge in [-0.1, -0.05) is 6.92 Å². The fourth-order valence-corrected chi connectivity index (χ4v) is 1.85. The van der Waals surface area contributed by atoms with E-state index in [0.717, 1.165) is 12.6 Å². The smallest absolute Gasteiger partial charge is 0.224 e. The molecule has 1 aliphatic rings. The molecule has 1 aromatic heterocycles. The monoisotopic (exact) mass is 245 g/mol. The summed E-state index contributed by atoms with van der Waals surface area (Å²) in [5, 5.41) is 0.0657. The van der Waals surface area contributed by atoms with Crippen LogP contribution in [0.1, 0.15) is 13.3 Å². The molecule has 1 aliphatic heterocycles. The Morgan fingerprint density at radius 2 is 2.50 bits per heavy atom. The fraction of sp³-hybridized carbons (Fsp3) is 0.600. The van der Waals surface area contributed by atoms with Gasteiger partial charge in [0.05, 0.1) is 18.9 Å². The Labute approximate surface area is 98.4 Å². The summed E-state index contributed by atoms with van der Waals surface area (Å²) in [5.74, 6) is -0.178. The first-order valence-electron chi connectivity index (χ1n) is 5.25. The quantitative estimate of drug-likeness (QED) is 0.746. The van der Waals surface area contributed by atoms with Crippen molar-refractivity contribution in [1.82, 2.24) is 9.97 Å². The maximum absolute atomic E-state index is 13.5. The van der Waals surface area contributed by atoms with E-state index in [1.54, 1.807) is 0 Å². The van der Waals surface area contributed by atoms with Crippen LogP contribution in [0.25, 0.3) is 0 Å². The summed E-state index contributed by atoms with van der Waals surface area (Å²) in [5.41, 5.74) is 0. The van der Waals surface area contributed by atoms with Gasteiger partial charge in [-0.15, -0.1) is 0 Å². The van der Waals surface area contributed by atoms with Crippen molar-refractivity contribution in [3.8, 4) is 0 Å². The van der Waals surface area contributed by atoms with Crippen LogP contribution < -0.4 is 4.90 Å². The first-order chi connectivity index (χ1) is 7.70. The van der Waals surface area contributed by atoms with E-state index in [0.29, 0.717) is 19.7 Å². The van der Waals surface area contributed by atoms with Crippen LogP contribution in [0.5, 0.6) is 0 Å². The fourth-order valence-electron chi connectivity index (χ4n) is 1.72. The lowest BCUT2D eigenvalue weighted by Gasteiger charge is -2.33. The van der Waals surface area contributed by atoms with Crippen LogP contribution in [0.15, 0.2) is 6.20 Å². The third kappa shape index (κ3) is 2.41. The van der Waals surface area contributed by atoms with Crippen molar-refractivity contribution in [2.24, 2.45) is 0 Å². The number of ether oxygens (including phenoxy) is 1. The molecular weight excluding hydrogens is 233 g/mol. The minimum atomic E-state index is -0.443. The number of nitrogens with zero attached hydrogens (tertiary/aromatic N) is 3. The van der Waals surface area contributed by atoms with Gasteiger partial charge in [-0.05, 0) is 18.0 Å². The number of hydrogen-bond donors (Lipinski definition) is 0. The predicted octanol–water partition coefficient (Wildman–Crippen LogP) is 1.88. The minimum Gasteiger partial charge on any atom is -0.375 e. The van der Waals surface area contributed by atoms with Crippen LogP contribution in [0, 0.1) is 5.82 Å². The number of halogens is 2. The van der Waals surface area contributed by atoms with Gasteiger partial charge in [0.2, 0.25) is 5.28 Å². The average Bonchev–Trinajstić information content (AvgIpc) is 2.32. The zero-order chi connectivity index (χ0) is 11.5. The van der Waals surface area contributed by atoms with Crippen molar-refractivity contribution >= 4 is 17.4 Å². The molecule has 1 aromatic rings. The second-order valence-electron chi connectivity index (χ2n) is 3.66. The standard InChI is InChI=1S/C10H13ClFN3O/c1-2-7-6-15(3-4-16-7)9-8(12)5-13-10(11)14-9/h5,7H,2-4,6H2,1H3. The molecule has 0 saturated carbocycles. The van der Waals surface area contributed by atoms with Crippen molar-refractivity contribution in [3.05, 3.63) is 17.3 Å². The van der Waals surface area contributed by atoms with E-state index in [4.69, 9.17) is 16.3 Å². The Morgan fingerprint density at radius 3 is 3.25 bits per heavy atom. The summed E-state index contributed by atoms with van der Waals surface area (Å²) in [6.45, 7) is 3.89. The van der Waals surface area contributed by atoms with Gasteiger partial charge in [-0.25, -0.2) is 9.37 Å². The summed E-state index contributed by atoms with van der Waals surface area (Å²) in [4.78, 5) is 9.36. The van der Waals surface area contributed by atoms with E-state index < -0.39 is 5.82 Å². The van der Waals surface area contributed by atoms with Crippen LogP contribution >= 0.6 is 11.6 Å². The Hall–Kier alpha value is -0.940. The number of aromatic nitrogens is 2. The summed E-state index contributed by atoms with van der Waals surface area (Å²) in [7, 11) is 0. The number of morpholine rings is 1. The third-order valence-electron chi connectivity index (χ3n) is 2.59. The molecule has 1 unspecified atom stereocenters. The van der Waals surface area contributed by atoms with Gasteiger partial charge >= 0.3 is 0 Å². The molecule has 1 atom stereocenters. The largest absolute Gasteiger partial charge is 0.375 e. The van der Waals surface area contributed by atoms with Crippen molar-refractivity contribution < 1.29 is 9.13 Å². The highest BCUT2D eigenvalue weighted by Gasteiger charge is 2.22. The Morgan fingerprint density at radius 1 is 1.69 bits per heavy atom. The van der Waals surface area contributed by atoms with Gasteiger partial charge in [-0.2, -0.15) is 4.98 Å². The zero-order valence-electron chi connectivity index (χ0n) is 8.99. The zero-order valence-corrected chi connectivity index (χ0v) is 9.74. The first-order valence-corrected chi connectivity index (χ1v) is 5.63. The van der Waals surface area contributed by atoms with Crippen molar-refractivity contribution in [3.63, 3.8) is 0 Å². The lowest BCUT2D eigenvalue weighted by molar-refractivity contribution is 0.0379. The highest BCUT2D eigenvalue weighted by molar-refractivity contribution is 6.28. The molecule has 0 spiro atoms. The normalized spacial score (nSPS) is 21.2. The van der Waals surface area contributed by atoms with E-state index in [2.05, 4.69) is 9.97 Å². The maximum atomic E-state index is 13.5. The second-order valence-corrected chi connectivity index (χ2v) is 4.00. The van der Waals surface area contributed by atoms with Crippen LogP contribution in [0.3, 0.4) is 0 Å². The summed E-state index contributed by atoms with van der Waals surface area (Å²) in [6, 6.07) is 0. The Balaban J connectivity index is 2.19. The molecule has 0 aromatic carbocycles. The lowest BCUT2D eigenvalue weighted by atomic mass is 10.2. The van der Waals surface area contributed by atoms with Gasteiger partial charge < -0.3 is 9.64 Å². The van der Waals surface area contributed by atoms with E-state index in [-0.39, 0.29) is 17.2 Å². The van der Waals surface area contributed by atoms with Gasteiger partial charge in [-0.3, -0.25) is 0 Å². The molecule has 0 N–H and O–H groups in total. The molecule has 1 fully saturated rings. The van der Waals surface area contributed by atoms with Crippen LogP contribution in [0.2, 0.25) is 5.28 Å². The highest BCUT2D eigenvalue weighted by Crippen LogP contribution is 2.20. The molecule has 88 valence electrons. The SMILES string of the molecule is CCC1CN(c2nc(Cl)ncc2F)CCO1. The molecule has 0 amide bonds. The van der Waals surface area contributed by atoms with E-state index in [1.807, 2.05) is 11.8 Å². The van der Waals surface area contributed by atoms with Crippen molar-refractivity contribution in [2.75, 3.05) is 24.6 Å². The van der Waals surface area contributed by atoms with Crippen molar-refractivity contribution in [1.29, 1.82) is 0 Å². The van der Waals surface area contributed by atoms with Gasteiger partial charge in [0.1, 0.15) is 0 Å². The number of hydrogen-bond acceptors (Lipinski definition) is 4. The van der Waals surface area contributed by atoms with E-state index in [1.165, 1.54) is 0 Å². The third-order valence-corrected chi connectivity index (χ3v) is 2.77. The summed E-state index contributed by atoms with van der Waals surface area (Å²) in [6.07, 6.45) is 2.12. The van der Waals surface area contributed by atoms with Crippen molar-refractivity contribution in [2.45, 2.75) is 19.4 Å². The Bertz CT molecular complexity index is 377. The summed E-state index contributed by atoms with van der Waals surface area (Å²) >= 11 is 5.66. The molecule has 0 aliphatic carbocycles. The molecule has 4 nitrogen and oxygen atoms in total. The minimum absolute atomic E-state index is 0.0657. The van der Waals surface area contributed by atoms with Gasteiger partial charge in [0.15, 0.2) is 11.6 Å². The molecule has 2 heterocycles. The second kappa shape index (κ2) is 4.93.